The summed E-state index contributed by atoms with van der Waals surface area (Å²) in [4.78, 5) is 24.9. The Hall–Kier alpha value is -1.31. The fourth-order valence-electron chi connectivity index (χ4n) is 2.99. The van der Waals surface area contributed by atoms with Crippen LogP contribution >= 0.6 is 0 Å². The zero-order valence-corrected chi connectivity index (χ0v) is 15.8. The van der Waals surface area contributed by atoms with Crippen molar-refractivity contribution in [3.05, 3.63) is 0 Å². The second kappa shape index (κ2) is 6.20. The van der Waals surface area contributed by atoms with Gasteiger partial charge >= 0.3 is 6.09 Å². The lowest BCUT2D eigenvalue weighted by Crippen LogP contribution is -2.61. The van der Waals surface area contributed by atoms with Gasteiger partial charge in [0.05, 0.1) is 11.0 Å². The summed E-state index contributed by atoms with van der Waals surface area (Å²) in [5, 5.41) is 4.92. The molecule has 138 valence electrons. The summed E-state index contributed by atoms with van der Waals surface area (Å²) in [5.74, 6) is -0.221. The van der Waals surface area contributed by atoms with Crippen LogP contribution in [0.5, 0.6) is 0 Å². The molecule has 0 bridgehead atoms. The quantitative estimate of drug-likeness (QED) is 0.788. The number of nitrogens with one attached hydrogen (secondary N) is 2. The Kier molecular flexibility index (Phi) is 4.92. The van der Waals surface area contributed by atoms with Gasteiger partial charge in [-0.3, -0.25) is 4.79 Å². The maximum absolute atomic E-state index is 12.8. The molecule has 1 heterocycles. The van der Waals surface area contributed by atoms with Crippen molar-refractivity contribution in [2.24, 2.45) is 5.92 Å². The van der Waals surface area contributed by atoms with Crippen molar-refractivity contribution in [1.82, 2.24) is 10.6 Å². The molecule has 0 aromatic heterocycles. The van der Waals surface area contributed by atoms with Gasteiger partial charge in [0.2, 0.25) is 5.91 Å². The molecule has 8 heteroatoms. The molecule has 7 nitrogen and oxygen atoms in total. The average molecular weight is 360 g/mol. The minimum atomic E-state index is -3.14. The zero-order valence-electron chi connectivity index (χ0n) is 15.0. The maximum atomic E-state index is 12.8. The third-order valence-electron chi connectivity index (χ3n) is 4.79. The van der Waals surface area contributed by atoms with Gasteiger partial charge in [-0.05, 0) is 59.8 Å². The van der Waals surface area contributed by atoms with Gasteiger partial charge in [0.15, 0.2) is 9.84 Å². The molecule has 1 unspecified atom stereocenters. The molecule has 0 aromatic carbocycles. The lowest BCUT2D eigenvalue weighted by molar-refractivity contribution is -0.128. The van der Waals surface area contributed by atoms with Crippen molar-refractivity contribution in [2.75, 3.05) is 5.75 Å². The smallest absolute Gasteiger partial charge is 0.408 e. The fourth-order valence-corrected chi connectivity index (χ4v) is 4.65. The minimum absolute atomic E-state index is 0.0401. The first-order valence-electron chi connectivity index (χ1n) is 8.39. The van der Waals surface area contributed by atoms with E-state index in [-0.39, 0.29) is 17.6 Å². The van der Waals surface area contributed by atoms with Gasteiger partial charge < -0.3 is 15.4 Å². The highest BCUT2D eigenvalue weighted by molar-refractivity contribution is 7.92. The Morgan fingerprint density at radius 2 is 1.67 bits per heavy atom. The molecule has 1 saturated carbocycles. The molecule has 1 aliphatic carbocycles. The second-order valence-corrected chi connectivity index (χ2v) is 10.5. The van der Waals surface area contributed by atoms with Crippen LogP contribution in [0.1, 0.15) is 53.9 Å². The van der Waals surface area contributed by atoms with E-state index >= 15 is 0 Å². The summed E-state index contributed by atoms with van der Waals surface area (Å²) >= 11 is 0. The Labute approximate surface area is 143 Å². The fraction of sp³-hybridized carbons (Fsp3) is 0.875. The molecule has 0 radical (unpaired) electrons. The number of ether oxygens (including phenoxy) is 1. The molecule has 2 amide bonds. The van der Waals surface area contributed by atoms with Gasteiger partial charge in [-0.25, -0.2) is 13.2 Å². The number of amides is 2. The lowest BCUT2D eigenvalue weighted by atomic mass is 9.94. The van der Waals surface area contributed by atoms with E-state index in [1.54, 1.807) is 34.6 Å². The number of hydrogen-bond donors (Lipinski definition) is 2. The molecular formula is C16H28N2O5S. The molecule has 2 fully saturated rings. The Morgan fingerprint density at radius 1 is 1.08 bits per heavy atom. The first-order valence-corrected chi connectivity index (χ1v) is 10.1. The Bertz CT molecular complexity index is 621. The van der Waals surface area contributed by atoms with Gasteiger partial charge in [0.25, 0.3) is 0 Å². The predicted molar refractivity (Wildman–Crippen MR) is 90.3 cm³/mol. The van der Waals surface area contributed by atoms with Crippen LogP contribution in [0.3, 0.4) is 0 Å². The van der Waals surface area contributed by atoms with Crippen LogP contribution in [0, 0.1) is 5.92 Å². The van der Waals surface area contributed by atoms with Crippen molar-refractivity contribution < 1.29 is 22.7 Å². The third-order valence-corrected chi connectivity index (χ3v) is 7.06. The summed E-state index contributed by atoms with van der Waals surface area (Å²) in [6.45, 7) is 8.56. The largest absolute Gasteiger partial charge is 0.444 e. The average Bonchev–Trinajstić information content (AvgIpc) is 3.21. The van der Waals surface area contributed by atoms with Crippen molar-refractivity contribution in [2.45, 2.75) is 76.3 Å². The minimum Gasteiger partial charge on any atom is -0.444 e. The van der Waals surface area contributed by atoms with Crippen LogP contribution in [0.4, 0.5) is 4.79 Å². The summed E-state index contributed by atoms with van der Waals surface area (Å²) in [7, 11) is -3.14. The zero-order chi connectivity index (χ0) is 18.3. The number of sulfone groups is 1. The Balaban J connectivity index is 2.07. The molecule has 0 spiro atoms. The van der Waals surface area contributed by atoms with E-state index in [4.69, 9.17) is 4.74 Å². The van der Waals surface area contributed by atoms with Gasteiger partial charge in [-0.2, -0.15) is 0 Å². The number of carbonyl (C=O) groups is 2. The summed E-state index contributed by atoms with van der Waals surface area (Å²) in [6.07, 6.45) is 1.46. The first kappa shape index (κ1) is 19.0. The van der Waals surface area contributed by atoms with Crippen LogP contribution in [0.2, 0.25) is 0 Å². The topological polar surface area (TPSA) is 102 Å². The van der Waals surface area contributed by atoms with E-state index in [1.807, 2.05) is 0 Å². The normalized spacial score (nSPS) is 28.7. The van der Waals surface area contributed by atoms with Crippen LogP contribution < -0.4 is 10.6 Å². The highest BCUT2D eigenvalue weighted by atomic mass is 32.2. The summed E-state index contributed by atoms with van der Waals surface area (Å²) < 4.78 is 28.9. The lowest BCUT2D eigenvalue weighted by Gasteiger charge is -2.32. The van der Waals surface area contributed by atoms with Gasteiger partial charge in [-0.15, -0.1) is 0 Å². The van der Waals surface area contributed by atoms with Gasteiger partial charge in [0, 0.05) is 6.04 Å². The van der Waals surface area contributed by atoms with Crippen molar-refractivity contribution >= 4 is 21.8 Å². The van der Waals surface area contributed by atoms with Crippen molar-refractivity contribution in [1.29, 1.82) is 0 Å². The summed E-state index contributed by atoms with van der Waals surface area (Å²) in [6, 6.07) is -0.416. The SMILES string of the molecule is C[C@@H]1[C@H](NC(=O)C(C)(NC(=O)OC(C)(C)C)C2CC2)CCS1(=O)=O. The third kappa shape index (κ3) is 4.20. The molecule has 3 atom stereocenters. The Morgan fingerprint density at radius 3 is 2.08 bits per heavy atom. The predicted octanol–water partition coefficient (Wildman–Crippen LogP) is 1.37. The van der Waals surface area contributed by atoms with Crippen LogP contribution in [-0.4, -0.2) is 48.6 Å². The molecule has 2 N–H and O–H groups in total. The number of rotatable bonds is 4. The molecule has 1 saturated heterocycles. The molecule has 2 aliphatic rings. The molecule has 1 aliphatic heterocycles. The van der Waals surface area contributed by atoms with E-state index < -0.39 is 38.4 Å². The number of alkyl carbamates (subject to hydrolysis) is 1. The highest BCUT2D eigenvalue weighted by Gasteiger charge is 2.50. The number of hydrogen-bond acceptors (Lipinski definition) is 5. The van der Waals surface area contributed by atoms with Crippen molar-refractivity contribution in [3.63, 3.8) is 0 Å². The van der Waals surface area contributed by atoms with E-state index in [0.29, 0.717) is 6.42 Å². The number of carbonyl (C=O) groups excluding carboxylic acids is 2. The van der Waals surface area contributed by atoms with E-state index in [2.05, 4.69) is 10.6 Å². The maximum Gasteiger partial charge on any atom is 0.408 e. The second-order valence-electron chi connectivity index (χ2n) is 8.04. The molecule has 2 rings (SSSR count). The van der Waals surface area contributed by atoms with Crippen molar-refractivity contribution in [3.8, 4) is 0 Å². The molecular weight excluding hydrogens is 332 g/mol. The first-order chi connectivity index (χ1) is 10.8. The van der Waals surface area contributed by atoms with Crippen LogP contribution in [-0.2, 0) is 19.4 Å². The van der Waals surface area contributed by atoms with Gasteiger partial charge in [-0.1, -0.05) is 0 Å². The summed E-state index contributed by atoms with van der Waals surface area (Å²) in [5.41, 5.74) is -1.74. The van der Waals surface area contributed by atoms with Crippen LogP contribution in [0.15, 0.2) is 0 Å². The van der Waals surface area contributed by atoms with Gasteiger partial charge in [0.1, 0.15) is 11.1 Å². The molecule has 0 aromatic rings. The van der Waals surface area contributed by atoms with E-state index in [1.165, 1.54) is 0 Å². The van der Waals surface area contributed by atoms with Crippen LogP contribution in [0.25, 0.3) is 0 Å². The highest BCUT2D eigenvalue weighted by Crippen LogP contribution is 2.40. The van der Waals surface area contributed by atoms with E-state index in [9.17, 15) is 18.0 Å². The molecule has 24 heavy (non-hydrogen) atoms. The van der Waals surface area contributed by atoms with E-state index in [0.717, 1.165) is 12.8 Å². The standard InChI is InChI=1S/C16H28N2O5S/c1-10-12(8-9-24(10,21)22)17-13(19)16(5,11-6-7-11)18-14(20)23-15(2,3)4/h10-12H,6-9H2,1-5H3,(H,17,19)(H,18,20)/t10-,12-,16?/m1/s1. The monoisotopic (exact) mass is 360 g/mol.